The fraction of sp³-hybridized carbons (Fsp3) is 0.700. The van der Waals surface area contributed by atoms with E-state index in [-0.39, 0.29) is 42.4 Å². The SMILES string of the molecule is CCNC(=NCCc1ccncc1C)N1CCN(S(=O)(=O)CCOC(C)C)CC1.I. The van der Waals surface area contributed by atoms with Gasteiger partial charge in [-0.1, -0.05) is 0 Å². The third kappa shape index (κ3) is 8.64. The van der Waals surface area contributed by atoms with Crippen LogP contribution >= 0.6 is 24.0 Å². The van der Waals surface area contributed by atoms with E-state index >= 15 is 0 Å². The van der Waals surface area contributed by atoms with Gasteiger partial charge in [0.15, 0.2) is 5.96 Å². The van der Waals surface area contributed by atoms with E-state index in [1.807, 2.05) is 39.2 Å². The van der Waals surface area contributed by atoms with Gasteiger partial charge in [-0.2, -0.15) is 4.31 Å². The van der Waals surface area contributed by atoms with Gasteiger partial charge in [0.2, 0.25) is 10.0 Å². The molecule has 0 aliphatic carbocycles. The Morgan fingerprint density at radius 2 is 2.00 bits per heavy atom. The van der Waals surface area contributed by atoms with Crippen molar-refractivity contribution in [2.75, 3.05) is 51.6 Å². The quantitative estimate of drug-likeness (QED) is 0.286. The Labute approximate surface area is 198 Å². The fourth-order valence-electron chi connectivity index (χ4n) is 3.19. The standard InChI is InChI=1S/C20H35N5O3S.HI/c1-5-22-20(23-9-7-19-6-8-21-16-18(19)4)24-10-12-25(13-11-24)29(26,27)15-14-28-17(2)3;/h6,8,16-17H,5,7,9-15H2,1-4H3,(H,22,23);1H. The van der Waals surface area contributed by atoms with E-state index in [4.69, 9.17) is 9.73 Å². The zero-order valence-electron chi connectivity index (χ0n) is 18.5. The summed E-state index contributed by atoms with van der Waals surface area (Å²) in [5.41, 5.74) is 2.42. The maximum Gasteiger partial charge on any atom is 0.216 e. The summed E-state index contributed by atoms with van der Waals surface area (Å²) in [6.07, 6.45) is 4.57. The summed E-state index contributed by atoms with van der Waals surface area (Å²) in [6, 6.07) is 2.03. The zero-order valence-corrected chi connectivity index (χ0v) is 21.7. The minimum absolute atomic E-state index is 0. The summed E-state index contributed by atoms with van der Waals surface area (Å²) in [5.74, 6) is 0.879. The summed E-state index contributed by atoms with van der Waals surface area (Å²) < 4.78 is 32.0. The first kappa shape index (κ1) is 27.1. The lowest BCUT2D eigenvalue weighted by Crippen LogP contribution is -2.54. The number of guanidine groups is 1. The number of aryl methyl sites for hydroxylation is 1. The van der Waals surface area contributed by atoms with Crippen LogP contribution in [0, 0.1) is 6.92 Å². The second-order valence-corrected chi connectivity index (χ2v) is 9.50. The molecule has 0 unspecified atom stereocenters. The Kier molecular flexibility index (Phi) is 12.1. The molecule has 0 saturated carbocycles. The Hall–Kier alpha value is -0.980. The van der Waals surface area contributed by atoms with Crippen LogP contribution in [0.1, 0.15) is 31.9 Å². The number of hydrogen-bond acceptors (Lipinski definition) is 5. The highest BCUT2D eigenvalue weighted by Crippen LogP contribution is 2.10. The Morgan fingerprint density at radius 3 is 2.60 bits per heavy atom. The predicted molar refractivity (Wildman–Crippen MR) is 132 cm³/mol. The van der Waals surface area contributed by atoms with Crippen LogP contribution in [0.25, 0.3) is 0 Å². The molecule has 10 heteroatoms. The molecule has 0 radical (unpaired) electrons. The van der Waals surface area contributed by atoms with Gasteiger partial charge in [-0.3, -0.25) is 9.98 Å². The van der Waals surface area contributed by atoms with Crippen LogP contribution in [0.3, 0.4) is 0 Å². The lowest BCUT2D eigenvalue weighted by molar-refractivity contribution is 0.0904. The van der Waals surface area contributed by atoms with Gasteiger partial charge in [-0.15, -0.1) is 24.0 Å². The molecule has 30 heavy (non-hydrogen) atoms. The minimum Gasteiger partial charge on any atom is -0.378 e. The molecule has 2 rings (SSSR count). The largest absolute Gasteiger partial charge is 0.378 e. The first-order chi connectivity index (χ1) is 13.8. The molecule has 1 aliphatic heterocycles. The molecule has 1 aromatic heterocycles. The molecule has 1 saturated heterocycles. The van der Waals surface area contributed by atoms with Crippen molar-refractivity contribution < 1.29 is 13.2 Å². The molecule has 8 nitrogen and oxygen atoms in total. The number of sulfonamides is 1. The molecule has 0 bridgehead atoms. The third-order valence-electron chi connectivity index (χ3n) is 4.84. The molecule has 1 aliphatic rings. The Balaban J connectivity index is 0.00000450. The molecule has 1 fully saturated rings. The minimum atomic E-state index is -3.28. The van der Waals surface area contributed by atoms with Crippen LogP contribution in [0.4, 0.5) is 0 Å². The highest BCUT2D eigenvalue weighted by molar-refractivity contribution is 14.0. The van der Waals surface area contributed by atoms with Gasteiger partial charge >= 0.3 is 0 Å². The normalized spacial score (nSPS) is 15.9. The number of halogens is 1. The fourth-order valence-corrected chi connectivity index (χ4v) is 4.47. The highest BCUT2D eigenvalue weighted by atomic mass is 127. The number of nitrogens with one attached hydrogen (secondary N) is 1. The van der Waals surface area contributed by atoms with Gasteiger partial charge in [0.1, 0.15) is 0 Å². The van der Waals surface area contributed by atoms with Crippen LogP contribution in [0.2, 0.25) is 0 Å². The van der Waals surface area contributed by atoms with E-state index in [0.717, 1.165) is 18.9 Å². The van der Waals surface area contributed by atoms with Crippen molar-refractivity contribution in [2.45, 2.75) is 40.2 Å². The van der Waals surface area contributed by atoms with Crippen molar-refractivity contribution in [3.63, 3.8) is 0 Å². The number of rotatable bonds is 9. The van der Waals surface area contributed by atoms with Crippen molar-refractivity contribution in [1.82, 2.24) is 19.5 Å². The number of ether oxygens (including phenoxy) is 1. The van der Waals surface area contributed by atoms with Crippen molar-refractivity contribution in [3.8, 4) is 0 Å². The zero-order chi connectivity index (χ0) is 21.3. The number of hydrogen-bond donors (Lipinski definition) is 1. The monoisotopic (exact) mass is 553 g/mol. The Morgan fingerprint density at radius 1 is 1.30 bits per heavy atom. The average molecular weight is 554 g/mol. The van der Waals surface area contributed by atoms with Gasteiger partial charge in [0.25, 0.3) is 0 Å². The molecule has 1 aromatic rings. The molecule has 0 aromatic carbocycles. The number of piperazine rings is 1. The van der Waals surface area contributed by atoms with E-state index in [9.17, 15) is 8.42 Å². The first-order valence-electron chi connectivity index (χ1n) is 10.4. The van der Waals surface area contributed by atoms with Gasteiger partial charge in [0, 0.05) is 51.7 Å². The number of aliphatic imine (C=N–C) groups is 1. The molecule has 0 amide bonds. The van der Waals surface area contributed by atoms with Crippen LogP contribution in [0.5, 0.6) is 0 Å². The van der Waals surface area contributed by atoms with E-state index in [0.29, 0.717) is 32.7 Å². The van der Waals surface area contributed by atoms with Gasteiger partial charge < -0.3 is 15.0 Å². The van der Waals surface area contributed by atoms with Crippen molar-refractivity contribution in [3.05, 3.63) is 29.6 Å². The predicted octanol–water partition coefficient (Wildman–Crippen LogP) is 1.89. The molecular weight excluding hydrogens is 517 g/mol. The van der Waals surface area contributed by atoms with E-state index in [2.05, 4.69) is 22.1 Å². The summed E-state index contributed by atoms with van der Waals surface area (Å²) in [7, 11) is -3.28. The molecular formula is C20H36IN5O3S. The van der Waals surface area contributed by atoms with E-state index in [1.165, 1.54) is 11.1 Å². The van der Waals surface area contributed by atoms with Gasteiger partial charge in [-0.25, -0.2) is 8.42 Å². The molecule has 0 atom stereocenters. The van der Waals surface area contributed by atoms with Crippen LogP contribution < -0.4 is 5.32 Å². The topological polar surface area (TPSA) is 87.1 Å². The summed E-state index contributed by atoms with van der Waals surface area (Å²) in [4.78, 5) is 11.0. The number of nitrogens with zero attached hydrogens (tertiary/aromatic N) is 4. The average Bonchev–Trinajstić information content (AvgIpc) is 2.68. The van der Waals surface area contributed by atoms with E-state index < -0.39 is 10.0 Å². The van der Waals surface area contributed by atoms with Gasteiger partial charge in [0.05, 0.1) is 18.5 Å². The number of aromatic nitrogens is 1. The van der Waals surface area contributed by atoms with Crippen molar-refractivity contribution >= 4 is 40.0 Å². The molecule has 0 spiro atoms. The molecule has 2 heterocycles. The maximum atomic E-state index is 12.5. The van der Waals surface area contributed by atoms with Crippen LogP contribution in [-0.2, 0) is 21.2 Å². The molecule has 172 valence electrons. The second kappa shape index (κ2) is 13.4. The third-order valence-corrected chi connectivity index (χ3v) is 6.67. The van der Waals surface area contributed by atoms with Crippen molar-refractivity contribution in [1.29, 1.82) is 0 Å². The van der Waals surface area contributed by atoms with Crippen LogP contribution in [-0.4, -0.2) is 86.3 Å². The lowest BCUT2D eigenvalue weighted by atomic mass is 10.1. The number of pyridine rings is 1. The molecule has 1 N–H and O–H groups in total. The lowest BCUT2D eigenvalue weighted by Gasteiger charge is -2.36. The summed E-state index contributed by atoms with van der Waals surface area (Å²) >= 11 is 0. The summed E-state index contributed by atoms with van der Waals surface area (Å²) in [5, 5.41) is 3.33. The van der Waals surface area contributed by atoms with Crippen molar-refractivity contribution in [2.24, 2.45) is 4.99 Å². The smallest absolute Gasteiger partial charge is 0.216 e. The highest BCUT2D eigenvalue weighted by Gasteiger charge is 2.28. The summed E-state index contributed by atoms with van der Waals surface area (Å²) in [6.45, 7) is 11.8. The first-order valence-corrected chi connectivity index (χ1v) is 12.0. The Bertz CT molecular complexity index is 765. The van der Waals surface area contributed by atoms with E-state index in [1.54, 1.807) is 4.31 Å². The maximum absolute atomic E-state index is 12.5. The second-order valence-electron chi connectivity index (χ2n) is 7.41. The van der Waals surface area contributed by atoms with Gasteiger partial charge in [-0.05, 0) is 51.3 Å². The van der Waals surface area contributed by atoms with Crippen LogP contribution in [0.15, 0.2) is 23.5 Å².